The van der Waals surface area contributed by atoms with E-state index >= 15 is 0 Å². The molecule has 0 fully saturated rings. The van der Waals surface area contributed by atoms with Crippen molar-refractivity contribution in [3.63, 3.8) is 0 Å². The average molecular weight is 322 g/mol. The van der Waals surface area contributed by atoms with E-state index in [1.54, 1.807) is 34.7 Å². The van der Waals surface area contributed by atoms with E-state index < -0.39 is 17.8 Å². The van der Waals surface area contributed by atoms with Crippen molar-refractivity contribution in [2.45, 2.75) is 45.9 Å². The summed E-state index contributed by atoms with van der Waals surface area (Å²) in [5.41, 5.74) is 0.373. The van der Waals surface area contributed by atoms with Gasteiger partial charge in [-0.1, -0.05) is 30.3 Å². The number of rotatable bonds is 5. The molecular weight excluding hydrogens is 296 g/mol. The Kier molecular flexibility index (Phi) is 6.88. The first-order valence-corrected chi connectivity index (χ1v) is 7.58. The maximum atomic E-state index is 11.9. The summed E-state index contributed by atoms with van der Waals surface area (Å²) in [6.45, 7) is 7.76. The molecule has 1 N–H and O–H groups in total. The summed E-state index contributed by atoms with van der Waals surface area (Å²) < 4.78 is 10.4. The minimum absolute atomic E-state index is 0.210. The number of alkyl carbamates (subject to hydrolysis) is 1. The topological polar surface area (TPSA) is 67.9 Å². The van der Waals surface area contributed by atoms with Crippen LogP contribution in [0.25, 0.3) is 0 Å². The number of amides is 2. The van der Waals surface area contributed by atoms with Gasteiger partial charge in [-0.05, 0) is 33.3 Å². The van der Waals surface area contributed by atoms with Gasteiger partial charge in [0.05, 0.1) is 0 Å². The van der Waals surface area contributed by atoms with E-state index in [1.807, 2.05) is 30.3 Å². The van der Waals surface area contributed by atoms with Crippen LogP contribution in [-0.4, -0.2) is 42.3 Å². The third-order valence-electron chi connectivity index (χ3n) is 2.83. The number of nitrogens with zero attached hydrogens (tertiary/aromatic N) is 1. The molecule has 0 aliphatic heterocycles. The highest BCUT2D eigenvalue weighted by molar-refractivity contribution is 5.69. The van der Waals surface area contributed by atoms with Gasteiger partial charge in [-0.25, -0.2) is 9.59 Å². The van der Waals surface area contributed by atoms with Crippen molar-refractivity contribution in [3.8, 4) is 0 Å². The summed E-state index contributed by atoms with van der Waals surface area (Å²) in [7, 11) is 1.63. The first-order chi connectivity index (χ1) is 10.7. The van der Waals surface area contributed by atoms with Gasteiger partial charge < -0.3 is 19.7 Å². The molecule has 6 nitrogen and oxygen atoms in total. The summed E-state index contributed by atoms with van der Waals surface area (Å²) >= 11 is 0. The fourth-order valence-electron chi connectivity index (χ4n) is 1.84. The Balaban J connectivity index is 2.33. The van der Waals surface area contributed by atoms with Crippen LogP contribution in [0, 0.1) is 0 Å². The molecule has 0 aromatic heterocycles. The zero-order valence-electron chi connectivity index (χ0n) is 14.5. The molecule has 1 unspecified atom stereocenters. The van der Waals surface area contributed by atoms with Gasteiger partial charge in [0, 0.05) is 19.6 Å². The molecule has 0 bridgehead atoms. The normalized spacial score (nSPS) is 12.2. The third-order valence-corrected chi connectivity index (χ3v) is 2.83. The molecule has 6 heteroatoms. The van der Waals surface area contributed by atoms with Crippen LogP contribution in [0.2, 0.25) is 0 Å². The Hall–Kier alpha value is -2.24. The Morgan fingerprint density at radius 1 is 1.22 bits per heavy atom. The predicted molar refractivity (Wildman–Crippen MR) is 88.1 cm³/mol. The van der Waals surface area contributed by atoms with Gasteiger partial charge in [0.25, 0.3) is 0 Å². The highest BCUT2D eigenvalue weighted by atomic mass is 16.6. The largest absolute Gasteiger partial charge is 0.445 e. The lowest BCUT2D eigenvalue weighted by atomic mass is 10.2. The predicted octanol–water partition coefficient (Wildman–Crippen LogP) is 3.17. The van der Waals surface area contributed by atoms with Crippen LogP contribution in [0.4, 0.5) is 9.59 Å². The number of ether oxygens (including phenoxy) is 2. The number of hydrogen-bond donors (Lipinski definition) is 1. The quantitative estimate of drug-likeness (QED) is 0.904. The first-order valence-electron chi connectivity index (χ1n) is 7.58. The van der Waals surface area contributed by atoms with E-state index in [4.69, 9.17) is 9.47 Å². The molecule has 0 heterocycles. The van der Waals surface area contributed by atoms with E-state index in [0.717, 1.165) is 5.56 Å². The Bertz CT molecular complexity index is 511. The van der Waals surface area contributed by atoms with Crippen LogP contribution in [0.3, 0.4) is 0 Å². The van der Waals surface area contributed by atoms with Gasteiger partial charge in [0.2, 0.25) is 0 Å². The molecule has 0 spiro atoms. The summed E-state index contributed by atoms with van der Waals surface area (Å²) in [4.78, 5) is 25.0. The summed E-state index contributed by atoms with van der Waals surface area (Å²) in [5.74, 6) is 0. The molecule has 128 valence electrons. The zero-order valence-corrected chi connectivity index (χ0v) is 14.5. The van der Waals surface area contributed by atoms with Crippen LogP contribution in [0.1, 0.15) is 33.3 Å². The second-order valence-electron chi connectivity index (χ2n) is 6.47. The van der Waals surface area contributed by atoms with E-state index in [-0.39, 0.29) is 12.6 Å². The van der Waals surface area contributed by atoms with Gasteiger partial charge in [-0.3, -0.25) is 0 Å². The SMILES string of the molecule is CC(CN(C)C(=O)OC(C)(C)C)NC(=O)OCc1ccccc1. The number of nitrogens with one attached hydrogen (secondary N) is 1. The summed E-state index contributed by atoms with van der Waals surface area (Å²) in [6, 6.07) is 9.18. The maximum Gasteiger partial charge on any atom is 0.410 e. The van der Waals surface area contributed by atoms with Gasteiger partial charge in [-0.2, -0.15) is 0 Å². The molecule has 1 aromatic rings. The number of carbonyl (C=O) groups is 2. The van der Waals surface area contributed by atoms with Crippen LogP contribution >= 0.6 is 0 Å². The zero-order chi connectivity index (χ0) is 17.5. The molecule has 1 rings (SSSR count). The van der Waals surface area contributed by atoms with Crippen LogP contribution in [0.5, 0.6) is 0 Å². The number of carbonyl (C=O) groups excluding carboxylic acids is 2. The average Bonchev–Trinajstić information content (AvgIpc) is 2.44. The van der Waals surface area contributed by atoms with E-state index in [0.29, 0.717) is 6.54 Å². The Labute approximate surface area is 137 Å². The fraction of sp³-hybridized carbons (Fsp3) is 0.529. The first kappa shape index (κ1) is 18.8. The van der Waals surface area contributed by atoms with E-state index in [1.165, 1.54) is 4.90 Å². The van der Waals surface area contributed by atoms with Gasteiger partial charge in [0.1, 0.15) is 12.2 Å². The fourth-order valence-corrected chi connectivity index (χ4v) is 1.84. The second kappa shape index (κ2) is 8.41. The molecule has 0 radical (unpaired) electrons. The van der Waals surface area contributed by atoms with Crippen molar-refractivity contribution in [2.24, 2.45) is 0 Å². The Morgan fingerprint density at radius 3 is 2.39 bits per heavy atom. The van der Waals surface area contributed by atoms with Crippen molar-refractivity contribution in [3.05, 3.63) is 35.9 Å². The Morgan fingerprint density at radius 2 is 1.83 bits per heavy atom. The molecule has 0 saturated carbocycles. The molecule has 23 heavy (non-hydrogen) atoms. The monoisotopic (exact) mass is 322 g/mol. The molecule has 0 aliphatic rings. The standard InChI is InChI=1S/C17H26N2O4/c1-13(11-19(5)16(21)23-17(2,3)4)18-15(20)22-12-14-9-7-6-8-10-14/h6-10,13H,11-12H2,1-5H3,(H,18,20). The minimum Gasteiger partial charge on any atom is -0.445 e. The summed E-state index contributed by atoms with van der Waals surface area (Å²) in [5, 5.41) is 2.69. The lowest BCUT2D eigenvalue weighted by Crippen LogP contribution is -2.44. The minimum atomic E-state index is -0.545. The van der Waals surface area contributed by atoms with Crippen LogP contribution < -0.4 is 5.32 Å². The number of likely N-dealkylation sites (N-methyl/N-ethyl adjacent to an activating group) is 1. The highest BCUT2D eigenvalue weighted by Gasteiger charge is 2.21. The molecule has 1 atom stereocenters. The molecule has 2 amide bonds. The van der Waals surface area contributed by atoms with E-state index in [2.05, 4.69) is 5.32 Å². The lowest BCUT2D eigenvalue weighted by molar-refractivity contribution is 0.0283. The van der Waals surface area contributed by atoms with Crippen molar-refractivity contribution < 1.29 is 19.1 Å². The summed E-state index contributed by atoms with van der Waals surface area (Å²) in [6.07, 6.45) is -0.942. The second-order valence-corrected chi connectivity index (χ2v) is 6.47. The van der Waals surface area contributed by atoms with Gasteiger partial charge >= 0.3 is 12.2 Å². The smallest absolute Gasteiger partial charge is 0.410 e. The van der Waals surface area contributed by atoms with Gasteiger partial charge in [-0.15, -0.1) is 0 Å². The number of hydrogen-bond acceptors (Lipinski definition) is 4. The maximum absolute atomic E-state index is 11.9. The lowest BCUT2D eigenvalue weighted by Gasteiger charge is -2.26. The highest BCUT2D eigenvalue weighted by Crippen LogP contribution is 2.09. The van der Waals surface area contributed by atoms with Crippen molar-refractivity contribution in [2.75, 3.05) is 13.6 Å². The molecular formula is C17H26N2O4. The van der Waals surface area contributed by atoms with Crippen molar-refractivity contribution >= 4 is 12.2 Å². The molecule has 0 saturated heterocycles. The van der Waals surface area contributed by atoms with Gasteiger partial charge in [0.15, 0.2) is 0 Å². The third kappa shape index (κ3) is 8.09. The molecule has 1 aromatic carbocycles. The van der Waals surface area contributed by atoms with Crippen molar-refractivity contribution in [1.82, 2.24) is 10.2 Å². The van der Waals surface area contributed by atoms with Crippen LogP contribution in [0.15, 0.2) is 30.3 Å². The van der Waals surface area contributed by atoms with Crippen molar-refractivity contribution in [1.29, 1.82) is 0 Å². The molecule has 0 aliphatic carbocycles. The van der Waals surface area contributed by atoms with Crippen LogP contribution in [-0.2, 0) is 16.1 Å². The van der Waals surface area contributed by atoms with E-state index in [9.17, 15) is 9.59 Å². The number of benzene rings is 1.